The number of aromatic nitrogens is 3. The zero-order valence-electron chi connectivity index (χ0n) is 20.2. The Morgan fingerprint density at radius 3 is 2.63 bits per heavy atom. The lowest BCUT2D eigenvalue weighted by Gasteiger charge is -2.32. The van der Waals surface area contributed by atoms with Gasteiger partial charge in [0, 0.05) is 24.8 Å². The minimum atomic E-state index is -0.208. The van der Waals surface area contributed by atoms with Crippen LogP contribution in [-0.4, -0.2) is 52.6 Å². The zero-order valence-corrected chi connectivity index (χ0v) is 21.1. The number of hydrogen-bond acceptors (Lipinski definition) is 6. The van der Waals surface area contributed by atoms with Crippen molar-refractivity contribution in [2.24, 2.45) is 0 Å². The average molecular weight is 497 g/mol. The van der Waals surface area contributed by atoms with E-state index in [1.54, 1.807) is 18.9 Å². The van der Waals surface area contributed by atoms with Gasteiger partial charge in [-0.1, -0.05) is 36.0 Å². The fraction of sp³-hybridized carbons (Fsp3) is 0.481. The molecule has 8 heteroatoms. The van der Waals surface area contributed by atoms with Crippen molar-refractivity contribution >= 4 is 11.8 Å². The van der Waals surface area contributed by atoms with Crippen LogP contribution in [0.5, 0.6) is 5.75 Å². The van der Waals surface area contributed by atoms with E-state index >= 15 is 0 Å². The number of piperidine rings is 1. The van der Waals surface area contributed by atoms with Crippen molar-refractivity contribution in [3.63, 3.8) is 0 Å². The molecule has 0 aliphatic carbocycles. The van der Waals surface area contributed by atoms with Crippen LogP contribution < -0.4 is 4.74 Å². The largest absolute Gasteiger partial charge is 0.497 e. The Morgan fingerprint density at radius 2 is 1.89 bits per heavy atom. The SMILES string of the molecule is COc1cccc(CN2CCC(c3nnc(SCc4ccc(F)cc4)n3C[C@H]3CCCO3)CC2)c1. The molecule has 2 aliphatic heterocycles. The molecule has 2 aromatic carbocycles. The van der Waals surface area contributed by atoms with Crippen molar-refractivity contribution in [1.82, 2.24) is 19.7 Å². The highest BCUT2D eigenvalue weighted by molar-refractivity contribution is 7.98. The quantitative estimate of drug-likeness (QED) is 0.376. The number of nitrogens with zero attached hydrogens (tertiary/aromatic N) is 4. The molecular formula is C27H33FN4O2S. The Bertz CT molecular complexity index is 1090. The summed E-state index contributed by atoms with van der Waals surface area (Å²) in [5.41, 5.74) is 2.36. The van der Waals surface area contributed by atoms with Gasteiger partial charge in [-0.05, 0) is 74.2 Å². The Morgan fingerprint density at radius 1 is 1.06 bits per heavy atom. The van der Waals surface area contributed by atoms with Gasteiger partial charge in [0.2, 0.25) is 0 Å². The predicted octanol–water partition coefficient (Wildman–Crippen LogP) is 5.28. The molecule has 0 saturated carbocycles. The lowest BCUT2D eigenvalue weighted by Crippen LogP contribution is -2.33. The molecule has 0 spiro atoms. The van der Waals surface area contributed by atoms with Crippen molar-refractivity contribution in [3.05, 3.63) is 71.3 Å². The van der Waals surface area contributed by atoms with Gasteiger partial charge in [0.1, 0.15) is 17.4 Å². The number of benzene rings is 2. The Balaban J connectivity index is 1.25. The third kappa shape index (κ3) is 6.23. The van der Waals surface area contributed by atoms with Crippen LogP contribution in [0.1, 0.15) is 48.6 Å². The number of hydrogen-bond donors (Lipinski definition) is 0. The van der Waals surface area contributed by atoms with Gasteiger partial charge in [0.25, 0.3) is 0 Å². The number of halogens is 1. The number of thioether (sulfide) groups is 1. The van der Waals surface area contributed by atoms with Crippen LogP contribution in [0.4, 0.5) is 4.39 Å². The number of ether oxygens (including phenoxy) is 2. The molecule has 35 heavy (non-hydrogen) atoms. The Hall–Kier alpha value is -2.42. The third-order valence-corrected chi connectivity index (χ3v) is 7.97. The maximum absolute atomic E-state index is 13.3. The van der Waals surface area contributed by atoms with Crippen molar-refractivity contribution < 1.29 is 13.9 Å². The van der Waals surface area contributed by atoms with E-state index in [4.69, 9.17) is 9.47 Å². The van der Waals surface area contributed by atoms with Gasteiger partial charge in [-0.3, -0.25) is 4.90 Å². The fourth-order valence-corrected chi connectivity index (χ4v) is 5.89. The zero-order chi connectivity index (χ0) is 24.0. The standard InChI is InChI=1S/C27H33FN4O2S/c1-33-24-5-2-4-21(16-24)17-31-13-11-22(12-14-31)26-29-30-27(32(26)18-25-6-3-15-34-25)35-19-20-7-9-23(28)10-8-20/h2,4-5,7-10,16,22,25H,3,6,11-15,17-19H2,1H3/t25-/m1/s1. The maximum Gasteiger partial charge on any atom is 0.191 e. The van der Waals surface area contributed by atoms with E-state index in [0.717, 1.165) is 86.5 Å². The molecular weight excluding hydrogens is 463 g/mol. The van der Waals surface area contributed by atoms with E-state index in [1.165, 1.54) is 17.7 Å². The highest BCUT2D eigenvalue weighted by atomic mass is 32.2. The molecule has 0 bridgehead atoms. The average Bonchev–Trinajstić information content (AvgIpc) is 3.55. The van der Waals surface area contributed by atoms with E-state index < -0.39 is 0 Å². The van der Waals surface area contributed by atoms with Gasteiger partial charge >= 0.3 is 0 Å². The first-order valence-electron chi connectivity index (χ1n) is 12.4. The van der Waals surface area contributed by atoms with Crippen LogP contribution in [0.3, 0.4) is 0 Å². The number of methoxy groups -OCH3 is 1. The normalized spacial score (nSPS) is 19.3. The van der Waals surface area contributed by atoms with E-state index in [9.17, 15) is 4.39 Å². The van der Waals surface area contributed by atoms with E-state index in [-0.39, 0.29) is 11.9 Å². The van der Waals surface area contributed by atoms with Crippen LogP contribution in [0.15, 0.2) is 53.7 Å². The van der Waals surface area contributed by atoms with Crippen molar-refractivity contribution in [3.8, 4) is 5.75 Å². The van der Waals surface area contributed by atoms with Gasteiger partial charge < -0.3 is 14.0 Å². The van der Waals surface area contributed by atoms with E-state index in [1.807, 2.05) is 18.2 Å². The van der Waals surface area contributed by atoms with Gasteiger partial charge in [0.15, 0.2) is 5.16 Å². The van der Waals surface area contributed by atoms with Crippen LogP contribution in [0.2, 0.25) is 0 Å². The summed E-state index contributed by atoms with van der Waals surface area (Å²) in [6, 6.07) is 15.0. The minimum absolute atomic E-state index is 0.208. The van der Waals surface area contributed by atoms with Crippen molar-refractivity contribution in [1.29, 1.82) is 0 Å². The van der Waals surface area contributed by atoms with Crippen LogP contribution in [0.25, 0.3) is 0 Å². The van der Waals surface area contributed by atoms with E-state index in [2.05, 4.69) is 37.9 Å². The first kappa shape index (κ1) is 24.3. The first-order chi connectivity index (χ1) is 17.2. The van der Waals surface area contributed by atoms with Crippen LogP contribution in [-0.2, 0) is 23.6 Å². The predicted molar refractivity (Wildman–Crippen MR) is 135 cm³/mol. The second-order valence-electron chi connectivity index (χ2n) is 9.40. The molecule has 2 aliphatic rings. The van der Waals surface area contributed by atoms with Crippen LogP contribution in [0, 0.1) is 5.82 Å². The Kier molecular flexibility index (Phi) is 8.01. The maximum atomic E-state index is 13.3. The molecule has 2 saturated heterocycles. The molecule has 1 atom stereocenters. The molecule has 0 unspecified atom stereocenters. The number of rotatable bonds is 9. The summed E-state index contributed by atoms with van der Waals surface area (Å²) in [6.45, 7) is 4.64. The molecule has 2 fully saturated rings. The molecule has 0 radical (unpaired) electrons. The smallest absolute Gasteiger partial charge is 0.191 e. The highest BCUT2D eigenvalue weighted by Crippen LogP contribution is 2.32. The molecule has 3 heterocycles. The molecule has 0 N–H and O–H groups in total. The minimum Gasteiger partial charge on any atom is -0.497 e. The molecule has 5 rings (SSSR count). The summed E-state index contributed by atoms with van der Waals surface area (Å²) in [6.07, 6.45) is 4.55. The molecule has 3 aromatic rings. The lowest BCUT2D eigenvalue weighted by molar-refractivity contribution is 0.0931. The summed E-state index contributed by atoms with van der Waals surface area (Å²) < 4.78 is 26.9. The van der Waals surface area contributed by atoms with Crippen LogP contribution >= 0.6 is 11.8 Å². The van der Waals surface area contributed by atoms with Gasteiger partial charge in [0.05, 0.1) is 19.8 Å². The third-order valence-electron chi connectivity index (χ3n) is 6.93. The first-order valence-corrected chi connectivity index (χ1v) is 13.4. The lowest BCUT2D eigenvalue weighted by atomic mass is 9.95. The molecule has 6 nitrogen and oxygen atoms in total. The van der Waals surface area contributed by atoms with Crippen molar-refractivity contribution in [2.75, 3.05) is 26.8 Å². The van der Waals surface area contributed by atoms with Gasteiger partial charge in [-0.2, -0.15) is 0 Å². The molecule has 186 valence electrons. The molecule has 1 aromatic heterocycles. The summed E-state index contributed by atoms with van der Waals surface area (Å²) >= 11 is 1.67. The monoisotopic (exact) mass is 496 g/mol. The number of likely N-dealkylation sites (tertiary alicyclic amines) is 1. The topological polar surface area (TPSA) is 52.4 Å². The molecule has 0 amide bonds. The fourth-order valence-electron chi connectivity index (χ4n) is 4.98. The highest BCUT2D eigenvalue weighted by Gasteiger charge is 2.28. The summed E-state index contributed by atoms with van der Waals surface area (Å²) in [5.74, 6) is 2.92. The Labute approximate surface area is 210 Å². The second kappa shape index (κ2) is 11.5. The van der Waals surface area contributed by atoms with Gasteiger partial charge in [-0.25, -0.2) is 4.39 Å². The summed E-state index contributed by atoms with van der Waals surface area (Å²) in [7, 11) is 1.71. The van der Waals surface area contributed by atoms with Crippen molar-refractivity contribution in [2.45, 2.75) is 61.7 Å². The summed E-state index contributed by atoms with van der Waals surface area (Å²) in [4.78, 5) is 2.51. The van der Waals surface area contributed by atoms with Gasteiger partial charge in [-0.15, -0.1) is 10.2 Å². The second-order valence-corrected chi connectivity index (χ2v) is 10.3. The summed E-state index contributed by atoms with van der Waals surface area (Å²) in [5, 5.41) is 10.2. The van der Waals surface area contributed by atoms with E-state index in [0.29, 0.717) is 5.92 Å².